The van der Waals surface area contributed by atoms with Gasteiger partial charge in [0.05, 0.1) is 24.0 Å². The van der Waals surface area contributed by atoms with Crippen LogP contribution in [0.25, 0.3) is 0 Å². The smallest absolute Gasteiger partial charge is 0.157 e. The molecular formula is C19H19F2N3O2S. The van der Waals surface area contributed by atoms with Crippen LogP contribution in [0.15, 0.2) is 41.4 Å². The topological polar surface area (TPSA) is 64.9 Å². The largest absolute Gasteiger partial charge is 0.319 e. The molecule has 0 saturated carbocycles. The second-order valence-electron chi connectivity index (χ2n) is 6.66. The summed E-state index contributed by atoms with van der Waals surface area (Å²) in [4.78, 5) is 6.26. The lowest BCUT2D eigenvalue weighted by atomic mass is 10.0. The Bertz CT molecular complexity index is 909. The summed E-state index contributed by atoms with van der Waals surface area (Å²) in [6, 6.07) is 9.04. The van der Waals surface area contributed by atoms with Crippen LogP contribution in [0.4, 0.5) is 20.2 Å². The summed E-state index contributed by atoms with van der Waals surface area (Å²) < 4.78 is 49.7. The predicted molar refractivity (Wildman–Crippen MR) is 102 cm³/mol. The van der Waals surface area contributed by atoms with E-state index in [1.54, 1.807) is 17.0 Å². The van der Waals surface area contributed by atoms with E-state index >= 15 is 0 Å². The Balaban J connectivity index is 1.85. The van der Waals surface area contributed by atoms with E-state index in [0.717, 1.165) is 19.4 Å². The highest BCUT2D eigenvalue weighted by atomic mass is 32.2. The highest BCUT2D eigenvalue weighted by Gasteiger charge is 2.33. The molecule has 8 heteroatoms. The maximum Gasteiger partial charge on any atom is 0.157 e. The zero-order valence-electron chi connectivity index (χ0n) is 14.5. The van der Waals surface area contributed by atoms with Gasteiger partial charge < -0.3 is 14.8 Å². The second-order valence-corrected chi connectivity index (χ2v) is 7.59. The summed E-state index contributed by atoms with van der Waals surface area (Å²) in [5.41, 5.74) is 1.90. The highest BCUT2D eigenvalue weighted by Crippen LogP contribution is 2.36. The molecule has 0 amide bonds. The number of para-hydroxylation sites is 1. The van der Waals surface area contributed by atoms with Crippen LogP contribution in [-0.4, -0.2) is 27.2 Å². The zero-order valence-corrected chi connectivity index (χ0v) is 15.3. The fourth-order valence-electron chi connectivity index (χ4n) is 3.71. The molecule has 2 atom stereocenters. The van der Waals surface area contributed by atoms with Gasteiger partial charge in [0.15, 0.2) is 11.1 Å². The van der Waals surface area contributed by atoms with Crippen molar-refractivity contribution < 1.29 is 17.5 Å². The Morgan fingerprint density at radius 1 is 1.22 bits per heavy atom. The lowest BCUT2D eigenvalue weighted by Gasteiger charge is -2.34. The minimum absolute atomic E-state index is 0.0523. The van der Waals surface area contributed by atoms with Crippen molar-refractivity contribution >= 4 is 28.3 Å². The van der Waals surface area contributed by atoms with E-state index in [1.807, 2.05) is 6.07 Å². The van der Waals surface area contributed by atoms with Crippen LogP contribution in [0.2, 0.25) is 0 Å². The third-order valence-electron chi connectivity index (χ3n) is 4.93. The van der Waals surface area contributed by atoms with Crippen LogP contribution in [0.1, 0.15) is 24.0 Å². The first-order valence-corrected chi connectivity index (χ1v) is 10.0. The normalized spacial score (nSPS) is 20.3. The van der Waals surface area contributed by atoms with Gasteiger partial charge in [0, 0.05) is 5.56 Å². The van der Waals surface area contributed by atoms with E-state index in [9.17, 15) is 17.5 Å². The molecule has 2 aromatic carbocycles. The quantitative estimate of drug-likeness (QED) is 0.783. The van der Waals surface area contributed by atoms with E-state index in [4.69, 9.17) is 4.99 Å². The molecule has 0 radical (unpaired) electrons. The van der Waals surface area contributed by atoms with Crippen molar-refractivity contribution in [2.75, 3.05) is 11.4 Å². The number of benzene rings is 2. The van der Waals surface area contributed by atoms with E-state index in [1.165, 1.54) is 18.2 Å². The lowest BCUT2D eigenvalue weighted by Crippen LogP contribution is -2.45. The SMILES string of the molecule is O=S(O)Cc1cccc2c1CN(c1c(F)cccc1F)C([C@@H]1CCCN1)=N2. The van der Waals surface area contributed by atoms with Gasteiger partial charge in [0.25, 0.3) is 0 Å². The molecular weight excluding hydrogens is 372 g/mol. The van der Waals surface area contributed by atoms with Gasteiger partial charge in [-0.15, -0.1) is 0 Å². The van der Waals surface area contributed by atoms with Crippen LogP contribution in [-0.2, 0) is 23.4 Å². The summed E-state index contributed by atoms with van der Waals surface area (Å²) in [6.07, 6.45) is 1.80. The molecule has 0 aliphatic carbocycles. The number of aliphatic imine (C=N–C) groups is 1. The molecule has 142 valence electrons. The van der Waals surface area contributed by atoms with Gasteiger partial charge in [0.2, 0.25) is 0 Å². The molecule has 1 unspecified atom stereocenters. The van der Waals surface area contributed by atoms with Gasteiger partial charge in [-0.1, -0.05) is 18.2 Å². The first-order chi connectivity index (χ1) is 13.0. The van der Waals surface area contributed by atoms with Gasteiger partial charge in [-0.05, 0) is 43.1 Å². The Kier molecular flexibility index (Phi) is 5.03. The molecule has 4 rings (SSSR count). The standard InChI is InChI=1S/C19H19F2N3O2S/c20-14-5-2-6-15(21)18(14)24-10-13-12(11-27(25)26)4-1-7-16(13)23-19(24)17-8-3-9-22-17/h1-2,4-7,17,22H,3,8-11H2,(H,25,26)/t17-/m0/s1. The van der Waals surface area contributed by atoms with Gasteiger partial charge in [-0.25, -0.2) is 18.0 Å². The molecule has 5 nitrogen and oxygen atoms in total. The summed E-state index contributed by atoms with van der Waals surface area (Å²) in [5.74, 6) is -0.797. The number of fused-ring (bicyclic) bond motifs is 1. The van der Waals surface area contributed by atoms with Gasteiger partial charge >= 0.3 is 0 Å². The molecule has 0 aromatic heterocycles. The van der Waals surface area contributed by atoms with Crippen molar-refractivity contribution in [3.8, 4) is 0 Å². The highest BCUT2D eigenvalue weighted by molar-refractivity contribution is 7.78. The Labute approximate surface area is 158 Å². The monoisotopic (exact) mass is 391 g/mol. The van der Waals surface area contributed by atoms with E-state index in [-0.39, 0.29) is 24.0 Å². The predicted octanol–water partition coefficient (Wildman–Crippen LogP) is 3.49. The average molecular weight is 391 g/mol. The number of amidine groups is 1. The first kappa shape index (κ1) is 18.2. The van der Waals surface area contributed by atoms with Crippen LogP contribution in [0.3, 0.4) is 0 Å². The van der Waals surface area contributed by atoms with Crippen molar-refractivity contribution in [1.82, 2.24) is 5.32 Å². The van der Waals surface area contributed by atoms with Gasteiger partial charge in [-0.2, -0.15) is 0 Å². The molecule has 2 heterocycles. The molecule has 2 aromatic rings. The van der Waals surface area contributed by atoms with Crippen molar-refractivity contribution in [3.05, 3.63) is 59.2 Å². The van der Waals surface area contributed by atoms with Gasteiger partial charge in [0.1, 0.15) is 23.2 Å². The number of rotatable bonds is 4. The molecule has 1 fully saturated rings. The maximum atomic E-state index is 14.5. The van der Waals surface area contributed by atoms with Gasteiger partial charge in [-0.3, -0.25) is 0 Å². The number of hydrogen-bond donors (Lipinski definition) is 2. The first-order valence-electron chi connectivity index (χ1n) is 8.76. The van der Waals surface area contributed by atoms with E-state index in [0.29, 0.717) is 22.6 Å². The van der Waals surface area contributed by atoms with Crippen molar-refractivity contribution in [2.24, 2.45) is 4.99 Å². The number of nitrogens with zero attached hydrogens (tertiary/aromatic N) is 2. The Morgan fingerprint density at radius 2 is 1.96 bits per heavy atom. The maximum absolute atomic E-state index is 14.5. The number of anilines is 1. The number of nitrogens with one attached hydrogen (secondary N) is 1. The van der Waals surface area contributed by atoms with Crippen molar-refractivity contribution in [2.45, 2.75) is 31.2 Å². The Hall–Kier alpha value is -2.16. The third kappa shape index (κ3) is 3.52. The molecule has 2 N–H and O–H groups in total. The van der Waals surface area contributed by atoms with E-state index in [2.05, 4.69) is 5.32 Å². The lowest BCUT2D eigenvalue weighted by molar-refractivity contribution is 0.562. The van der Waals surface area contributed by atoms with E-state index < -0.39 is 22.7 Å². The van der Waals surface area contributed by atoms with Crippen LogP contribution >= 0.6 is 0 Å². The zero-order chi connectivity index (χ0) is 19.0. The number of halogens is 2. The minimum atomic E-state index is -2.02. The van der Waals surface area contributed by atoms with Crippen LogP contribution in [0, 0.1) is 11.6 Å². The molecule has 2 aliphatic rings. The third-order valence-corrected chi connectivity index (χ3v) is 5.49. The average Bonchev–Trinajstić information content (AvgIpc) is 3.15. The molecule has 1 saturated heterocycles. The fraction of sp³-hybridized carbons (Fsp3) is 0.316. The summed E-state index contributed by atoms with van der Waals surface area (Å²) >= 11 is -2.02. The summed E-state index contributed by atoms with van der Waals surface area (Å²) in [5, 5.41) is 3.34. The van der Waals surface area contributed by atoms with Crippen LogP contribution < -0.4 is 10.2 Å². The van der Waals surface area contributed by atoms with Crippen molar-refractivity contribution in [3.63, 3.8) is 0 Å². The molecule has 2 aliphatic heterocycles. The van der Waals surface area contributed by atoms with Crippen LogP contribution in [0.5, 0.6) is 0 Å². The summed E-state index contributed by atoms with van der Waals surface area (Å²) in [6.45, 7) is 1.02. The molecule has 0 spiro atoms. The molecule has 0 bridgehead atoms. The number of hydrogen-bond acceptors (Lipinski definition) is 4. The minimum Gasteiger partial charge on any atom is -0.319 e. The Morgan fingerprint density at radius 3 is 2.63 bits per heavy atom. The fourth-order valence-corrected chi connectivity index (χ4v) is 4.25. The molecule has 27 heavy (non-hydrogen) atoms. The van der Waals surface area contributed by atoms with Crippen molar-refractivity contribution in [1.29, 1.82) is 0 Å². The second kappa shape index (κ2) is 7.46. The summed E-state index contributed by atoms with van der Waals surface area (Å²) in [7, 11) is 0.